The number of piperidine rings is 1. The van der Waals surface area contributed by atoms with Gasteiger partial charge in [0, 0.05) is 38.2 Å². The van der Waals surface area contributed by atoms with E-state index in [4.69, 9.17) is 4.74 Å². The average molecular weight is 399 g/mol. The van der Waals surface area contributed by atoms with E-state index < -0.39 is 17.2 Å². The molecule has 1 aromatic heterocycles. The number of fused-ring (bicyclic) bond motifs is 1. The summed E-state index contributed by atoms with van der Waals surface area (Å²) in [6, 6.07) is 7.16. The summed E-state index contributed by atoms with van der Waals surface area (Å²) >= 11 is 0. The maximum Gasteiger partial charge on any atom is 0.257 e. The summed E-state index contributed by atoms with van der Waals surface area (Å²) in [5.74, 6) is -0.375. The van der Waals surface area contributed by atoms with Gasteiger partial charge in [0.15, 0.2) is 5.60 Å². The quantitative estimate of drug-likeness (QED) is 0.772. The number of pyridine rings is 1. The van der Waals surface area contributed by atoms with Crippen LogP contribution >= 0.6 is 0 Å². The van der Waals surface area contributed by atoms with Gasteiger partial charge in [-0.15, -0.1) is 0 Å². The number of aromatic nitrogens is 1. The molecule has 4 heterocycles. The molecule has 3 fully saturated rings. The summed E-state index contributed by atoms with van der Waals surface area (Å²) < 4.78 is 33.7. The first-order valence-electron chi connectivity index (χ1n) is 10.1. The zero-order valence-corrected chi connectivity index (χ0v) is 16.3. The Morgan fingerprint density at radius 3 is 2.52 bits per heavy atom. The van der Waals surface area contributed by atoms with E-state index in [2.05, 4.69) is 9.88 Å². The van der Waals surface area contributed by atoms with E-state index in [1.165, 1.54) is 12.1 Å². The first-order chi connectivity index (χ1) is 13.9. The van der Waals surface area contributed by atoms with Crippen LogP contribution in [0.2, 0.25) is 0 Å². The van der Waals surface area contributed by atoms with Crippen LogP contribution in [0.5, 0.6) is 0 Å². The van der Waals surface area contributed by atoms with Gasteiger partial charge in [0.1, 0.15) is 23.7 Å². The molecule has 0 saturated carbocycles. The van der Waals surface area contributed by atoms with Gasteiger partial charge in [0.05, 0.1) is 6.04 Å². The number of ether oxygens (including phenoxy) is 1. The average Bonchev–Trinajstić information content (AvgIpc) is 3.20. The molecule has 5 rings (SSSR count). The van der Waals surface area contributed by atoms with Gasteiger partial charge in [-0.25, -0.2) is 13.8 Å². The van der Waals surface area contributed by atoms with Crippen LogP contribution in [0.15, 0.2) is 36.5 Å². The second-order valence-electron chi connectivity index (χ2n) is 8.25. The monoisotopic (exact) mass is 399 g/mol. The normalized spacial score (nSPS) is 25.7. The lowest BCUT2D eigenvalue weighted by Crippen LogP contribution is -2.50. The molecule has 3 saturated heterocycles. The first-order valence-corrected chi connectivity index (χ1v) is 10.1. The molecule has 1 aromatic carbocycles. The minimum atomic E-state index is -0.838. The van der Waals surface area contributed by atoms with Gasteiger partial charge in [-0.3, -0.25) is 4.79 Å². The molecule has 5 nitrogen and oxygen atoms in total. The van der Waals surface area contributed by atoms with Gasteiger partial charge >= 0.3 is 0 Å². The molecule has 0 radical (unpaired) electrons. The van der Waals surface area contributed by atoms with Crippen LogP contribution in [0, 0.1) is 18.6 Å². The van der Waals surface area contributed by atoms with Gasteiger partial charge in [0.2, 0.25) is 0 Å². The Kier molecular flexibility index (Phi) is 4.31. The second-order valence-corrected chi connectivity index (χ2v) is 8.25. The highest BCUT2D eigenvalue weighted by Crippen LogP contribution is 2.48. The van der Waals surface area contributed by atoms with Crippen molar-refractivity contribution in [1.82, 2.24) is 9.88 Å². The Labute approximate surface area is 168 Å². The minimum Gasteiger partial charge on any atom is -0.356 e. The van der Waals surface area contributed by atoms with Gasteiger partial charge in [-0.2, -0.15) is 0 Å². The predicted molar refractivity (Wildman–Crippen MR) is 103 cm³/mol. The summed E-state index contributed by atoms with van der Waals surface area (Å²) in [5.41, 5.74) is 0.810. The number of hydrogen-bond acceptors (Lipinski definition) is 4. The third-order valence-electron chi connectivity index (χ3n) is 6.38. The topological polar surface area (TPSA) is 45.7 Å². The SMILES string of the molecule is Cc1ccnc(N2CCC3(CC2)OC2CCC(c4cc(F)cc(F)c4)N2C3=O)c1. The van der Waals surface area contributed by atoms with E-state index in [9.17, 15) is 13.6 Å². The van der Waals surface area contributed by atoms with Crippen LogP contribution in [-0.4, -0.2) is 40.7 Å². The Morgan fingerprint density at radius 1 is 1.10 bits per heavy atom. The van der Waals surface area contributed by atoms with Gasteiger partial charge in [-0.1, -0.05) is 0 Å². The Balaban J connectivity index is 1.35. The summed E-state index contributed by atoms with van der Waals surface area (Å²) in [6.07, 6.45) is 3.97. The highest BCUT2D eigenvalue weighted by atomic mass is 19.1. The predicted octanol–water partition coefficient (Wildman–Crippen LogP) is 3.73. The molecule has 2 unspecified atom stereocenters. The molecule has 152 valence electrons. The lowest BCUT2D eigenvalue weighted by atomic mass is 9.89. The number of nitrogens with zero attached hydrogens (tertiary/aromatic N) is 3. The second kappa shape index (κ2) is 6.76. The van der Waals surface area contributed by atoms with E-state index in [1.807, 2.05) is 19.1 Å². The molecule has 2 aromatic rings. The fourth-order valence-corrected chi connectivity index (χ4v) is 4.93. The Hall–Kier alpha value is -2.54. The molecule has 1 amide bonds. The van der Waals surface area contributed by atoms with Gasteiger partial charge in [0.25, 0.3) is 5.91 Å². The van der Waals surface area contributed by atoms with Crippen LogP contribution in [0.1, 0.15) is 42.9 Å². The Morgan fingerprint density at radius 2 is 1.83 bits per heavy atom. The molecule has 1 spiro atoms. The standard InChI is InChI=1S/C22H23F2N3O2/c1-14-4-7-25-19(10-14)26-8-5-22(6-9-26)21(28)27-18(2-3-20(27)29-22)15-11-16(23)13-17(24)12-15/h4,7,10-13,18,20H,2-3,5-6,8-9H2,1H3. The molecule has 3 aliphatic rings. The van der Waals surface area contributed by atoms with Crippen molar-refractivity contribution < 1.29 is 18.3 Å². The molecule has 2 atom stereocenters. The minimum absolute atomic E-state index is 0.0495. The number of aryl methyl sites for hydroxylation is 1. The first kappa shape index (κ1) is 18.5. The van der Waals surface area contributed by atoms with Crippen molar-refractivity contribution in [2.45, 2.75) is 50.5 Å². The number of halogens is 2. The van der Waals surface area contributed by atoms with E-state index in [-0.39, 0.29) is 18.2 Å². The fraction of sp³-hybridized carbons (Fsp3) is 0.455. The zero-order chi connectivity index (χ0) is 20.2. The summed E-state index contributed by atoms with van der Waals surface area (Å²) in [6.45, 7) is 3.40. The van der Waals surface area contributed by atoms with Crippen molar-refractivity contribution in [3.05, 3.63) is 59.3 Å². The highest BCUT2D eigenvalue weighted by molar-refractivity contribution is 5.88. The molecule has 29 heavy (non-hydrogen) atoms. The van der Waals surface area contributed by atoms with E-state index in [0.29, 0.717) is 44.3 Å². The molecular weight excluding hydrogens is 376 g/mol. The summed E-state index contributed by atoms with van der Waals surface area (Å²) in [4.78, 5) is 21.7. The van der Waals surface area contributed by atoms with E-state index in [0.717, 1.165) is 17.4 Å². The fourth-order valence-electron chi connectivity index (χ4n) is 4.93. The van der Waals surface area contributed by atoms with E-state index in [1.54, 1.807) is 11.1 Å². The zero-order valence-electron chi connectivity index (χ0n) is 16.3. The molecule has 3 aliphatic heterocycles. The lowest BCUT2D eigenvalue weighted by Gasteiger charge is -2.38. The van der Waals surface area contributed by atoms with Crippen LogP contribution in [-0.2, 0) is 9.53 Å². The number of rotatable bonds is 2. The van der Waals surface area contributed by atoms with E-state index >= 15 is 0 Å². The van der Waals surface area contributed by atoms with Gasteiger partial charge < -0.3 is 14.5 Å². The summed E-state index contributed by atoms with van der Waals surface area (Å²) in [5, 5.41) is 0. The van der Waals surface area contributed by atoms with Crippen molar-refractivity contribution in [3.63, 3.8) is 0 Å². The number of benzene rings is 1. The molecule has 0 bridgehead atoms. The molecular formula is C22H23F2N3O2. The van der Waals surface area contributed by atoms with Crippen molar-refractivity contribution in [1.29, 1.82) is 0 Å². The molecule has 7 heteroatoms. The van der Waals surface area contributed by atoms with Crippen molar-refractivity contribution in [2.75, 3.05) is 18.0 Å². The smallest absolute Gasteiger partial charge is 0.257 e. The summed E-state index contributed by atoms with van der Waals surface area (Å²) in [7, 11) is 0. The molecule has 0 aliphatic carbocycles. The largest absolute Gasteiger partial charge is 0.356 e. The maximum absolute atomic E-state index is 13.7. The van der Waals surface area contributed by atoms with Gasteiger partial charge in [-0.05, 0) is 55.2 Å². The van der Waals surface area contributed by atoms with Crippen LogP contribution < -0.4 is 4.90 Å². The van der Waals surface area contributed by atoms with Crippen LogP contribution in [0.25, 0.3) is 0 Å². The van der Waals surface area contributed by atoms with Crippen molar-refractivity contribution >= 4 is 11.7 Å². The molecule has 0 N–H and O–H groups in total. The van der Waals surface area contributed by atoms with Crippen molar-refractivity contribution in [2.24, 2.45) is 0 Å². The number of hydrogen-bond donors (Lipinski definition) is 0. The number of anilines is 1. The Bertz CT molecular complexity index is 939. The number of carbonyl (C=O) groups excluding carboxylic acids is 1. The third kappa shape index (κ3) is 3.08. The van der Waals surface area contributed by atoms with Crippen LogP contribution in [0.3, 0.4) is 0 Å². The lowest BCUT2D eigenvalue weighted by molar-refractivity contribution is -0.140. The number of amides is 1. The maximum atomic E-state index is 13.7. The highest BCUT2D eigenvalue weighted by Gasteiger charge is 2.58. The number of carbonyl (C=O) groups is 1. The van der Waals surface area contributed by atoms with Crippen LogP contribution in [0.4, 0.5) is 14.6 Å². The van der Waals surface area contributed by atoms with Crippen molar-refractivity contribution in [3.8, 4) is 0 Å². The third-order valence-corrected chi connectivity index (χ3v) is 6.38.